The highest BCUT2D eigenvalue weighted by Crippen LogP contribution is 2.22. The lowest BCUT2D eigenvalue weighted by Gasteiger charge is -2.18. The first-order chi connectivity index (χ1) is 11.1. The Labute approximate surface area is 138 Å². The first kappa shape index (κ1) is 17.5. The summed E-state index contributed by atoms with van der Waals surface area (Å²) in [7, 11) is 3.30. The zero-order valence-electron chi connectivity index (χ0n) is 14.0. The number of nitrogens with one attached hydrogen (secondary N) is 1. The standard InChI is InChI=1S/C19H25NO3/c1-14(23-3)19(21)12-20-18-10-8-17(9-11-18)16-6-4-15(5-7-16)13-22-2/h4-11,14,19-21H,12-13H2,1-3H3/t14-,19-/m1/s1. The zero-order valence-corrected chi connectivity index (χ0v) is 14.0. The highest BCUT2D eigenvalue weighted by molar-refractivity contribution is 5.66. The van der Waals surface area contributed by atoms with Crippen molar-refractivity contribution in [2.75, 3.05) is 26.1 Å². The molecule has 0 bridgehead atoms. The minimum atomic E-state index is -0.534. The molecule has 0 radical (unpaired) electrons. The largest absolute Gasteiger partial charge is 0.389 e. The summed E-state index contributed by atoms with van der Waals surface area (Å²) in [6.07, 6.45) is -0.722. The first-order valence-corrected chi connectivity index (χ1v) is 7.77. The number of aliphatic hydroxyl groups excluding tert-OH is 1. The van der Waals surface area contributed by atoms with Crippen LogP contribution in [0.25, 0.3) is 11.1 Å². The molecule has 4 nitrogen and oxygen atoms in total. The number of hydrogen-bond donors (Lipinski definition) is 2. The molecule has 2 aromatic carbocycles. The number of benzene rings is 2. The van der Waals surface area contributed by atoms with Crippen LogP contribution in [0.1, 0.15) is 12.5 Å². The minimum absolute atomic E-state index is 0.188. The van der Waals surface area contributed by atoms with Gasteiger partial charge in [-0.2, -0.15) is 0 Å². The Kier molecular flexibility index (Phi) is 6.59. The zero-order chi connectivity index (χ0) is 16.7. The molecule has 0 aliphatic carbocycles. The van der Waals surface area contributed by atoms with Crippen molar-refractivity contribution in [2.45, 2.75) is 25.7 Å². The van der Waals surface area contributed by atoms with E-state index in [4.69, 9.17) is 9.47 Å². The fraction of sp³-hybridized carbons (Fsp3) is 0.368. The molecule has 0 amide bonds. The molecular weight excluding hydrogens is 290 g/mol. The quantitative estimate of drug-likeness (QED) is 0.785. The molecule has 0 aromatic heterocycles. The monoisotopic (exact) mass is 315 g/mol. The van der Waals surface area contributed by atoms with Gasteiger partial charge >= 0.3 is 0 Å². The molecule has 0 unspecified atom stereocenters. The Morgan fingerprint density at radius 1 is 0.957 bits per heavy atom. The third-order valence-electron chi connectivity index (χ3n) is 3.91. The number of aliphatic hydroxyl groups is 1. The Morgan fingerprint density at radius 2 is 1.52 bits per heavy atom. The number of anilines is 1. The number of methoxy groups -OCH3 is 2. The maximum atomic E-state index is 9.88. The fourth-order valence-electron chi connectivity index (χ4n) is 2.29. The van der Waals surface area contributed by atoms with E-state index < -0.39 is 6.10 Å². The van der Waals surface area contributed by atoms with Crippen LogP contribution in [0.15, 0.2) is 48.5 Å². The highest BCUT2D eigenvalue weighted by atomic mass is 16.5. The number of hydrogen-bond acceptors (Lipinski definition) is 4. The smallest absolute Gasteiger partial charge is 0.0970 e. The molecule has 0 aliphatic heterocycles. The molecule has 2 N–H and O–H groups in total. The summed E-state index contributed by atoms with van der Waals surface area (Å²) in [5.41, 5.74) is 4.47. The van der Waals surface area contributed by atoms with E-state index in [1.165, 1.54) is 5.56 Å². The molecule has 124 valence electrons. The van der Waals surface area contributed by atoms with Gasteiger partial charge in [0.15, 0.2) is 0 Å². The van der Waals surface area contributed by atoms with Gasteiger partial charge in [-0.15, -0.1) is 0 Å². The van der Waals surface area contributed by atoms with Crippen molar-refractivity contribution in [3.63, 3.8) is 0 Å². The van der Waals surface area contributed by atoms with Crippen LogP contribution in [-0.4, -0.2) is 38.1 Å². The molecule has 23 heavy (non-hydrogen) atoms. The molecule has 0 spiro atoms. The van der Waals surface area contributed by atoms with Crippen molar-refractivity contribution >= 4 is 5.69 Å². The molecule has 2 rings (SSSR count). The third-order valence-corrected chi connectivity index (χ3v) is 3.91. The van der Waals surface area contributed by atoms with Gasteiger partial charge in [0.25, 0.3) is 0 Å². The van der Waals surface area contributed by atoms with Crippen LogP contribution >= 0.6 is 0 Å². The summed E-state index contributed by atoms with van der Waals surface area (Å²) in [5, 5.41) is 13.1. The molecule has 0 aliphatic rings. The van der Waals surface area contributed by atoms with Crippen LogP contribution in [0.5, 0.6) is 0 Å². The van der Waals surface area contributed by atoms with Gasteiger partial charge in [0.05, 0.1) is 18.8 Å². The van der Waals surface area contributed by atoms with Gasteiger partial charge in [0, 0.05) is 26.5 Å². The predicted octanol–water partition coefficient (Wildman–Crippen LogP) is 3.31. The van der Waals surface area contributed by atoms with Crippen molar-refractivity contribution in [3.05, 3.63) is 54.1 Å². The lowest BCUT2D eigenvalue weighted by molar-refractivity contribution is 0.00700. The second-order valence-corrected chi connectivity index (χ2v) is 5.60. The van der Waals surface area contributed by atoms with Gasteiger partial charge < -0.3 is 19.9 Å². The molecule has 2 atom stereocenters. The van der Waals surface area contributed by atoms with Crippen LogP contribution in [0, 0.1) is 0 Å². The van der Waals surface area contributed by atoms with Crippen LogP contribution in [0.3, 0.4) is 0 Å². The molecule has 0 fully saturated rings. The van der Waals surface area contributed by atoms with E-state index in [0.29, 0.717) is 13.2 Å². The highest BCUT2D eigenvalue weighted by Gasteiger charge is 2.12. The molecule has 0 saturated carbocycles. The van der Waals surface area contributed by atoms with E-state index in [2.05, 4.69) is 41.7 Å². The summed E-state index contributed by atoms with van der Waals surface area (Å²) in [6, 6.07) is 16.5. The van der Waals surface area contributed by atoms with E-state index >= 15 is 0 Å². The molecule has 0 heterocycles. The average Bonchev–Trinajstić information content (AvgIpc) is 2.60. The van der Waals surface area contributed by atoms with Crippen LogP contribution in [-0.2, 0) is 16.1 Å². The summed E-state index contributed by atoms with van der Waals surface area (Å²) in [6.45, 7) is 2.94. The summed E-state index contributed by atoms with van der Waals surface area (Å²) in [4.78, 5) is 0. The van der Waals surface area contributed by atoms with Crippen molar-refractivity contribution in [1.29, 1.82) is 0 Å². The van der Waals surface area contributed by atoms with Gasteiger partial charge in [-0.25, -0.2) is 0 Å². The normalized spacial score (nSPS) is 13.6. The van der Waals surface area contributed by atoms with Gasteiger partial charge in [-0.05, 0) is 35.7 Å². The topological polar surface area (TPSA) is 50.7 Å². The van der Waals surface area contributed by atoms with E-state index in [0.717, 1.165) is 16.8 Å². The average molecular weight is 315 g/mol. The second kappa shape index (κ2) is 8.67. The molecular formula is C19H25NO3. The van der Waals surface area contributed by atoms with E-state index in [9.17, 15) is 5.11 Å². The van der Waals surface area contributed by atoms with Crippen LogP contribution < -0.4 is 5.32 Å². The summed E-state index contributed by atoms with van der Waals surface area (Å²) >= 11 is 0. The van der Waals surface area contributed by atoms with Gasteiger partial charge in [-0.3, -0.25) is 0 Å². The second-order valence-electron chi connectivity index (χ2n) is 5.60. The predicted molar refractivity (Wildman–Crippen MR) is 93.6 cm³/mol. The Bertz CT molecular complexity index is 581. The van der Waals surface area contributed by atoms with Crippen molar-refractivity contribution < 1.29 is 14.6 Å². The molecule has 0 saturated heterocycles. The lowest BCUT2D eigenvalue weighted by Crippen LogP contribution is -2.31. The van der Waals surface area contributed by atoms with Gasteiger partial charge in [-0.1, -0.05) is 36.4 Å². The van der Waals surface area contributed by atoms with Crippen LogP contribution in [0.4, 0.5) is 5.69 Å². The Hall–Kier alpha value is -1.88. The van der Waals surface area contributed by atoms with Crippen molar-refractivity contribution in [2.24, 2.45) is 0 Å². The first-order valence-electron chi connectivity index (χ1n) is 7.77. The van der Waals surface area contributed by atoms with E-state index in [1.54, 1.807) is 14.2 Å². The number of ether oxygens (including phenoxy) is 2. The van der Waals surface area contributed by atoms with Gasteiger partial charge in [0.1, 0.15) is 0 Å². The van der Waals surface area contributed by atoms with Crippen molar-refractivity contribution in [1.82, 2.24) is 0 Å². The van der Waals surface area contributed by atoms with Gasteiger partial charge in [0.2, 0.25) is 0 Å². The van der Waals surface area contributed by atoms with Crippen LogP contribution in [0.2, 0.25) is 0 Å². The minimum Gasteiger partial charge on any atom is -0.389 e. The van der Waals surface area contributed by atoms with Crippen molar-refractivity contribution in [3.8, 4) is 11.1 Å². The summed E-state index contributed by atoms with van der Waals surface area (Å²) in [5.74, 6) is 0. The Balaban J connectivity index is 1.96. The SMILES string of the molecule is COCc1ccc(-c2ccc(NC[C@@H](O)[C@@H](C)OC)cc2)cc1. The fourth-order valence-corrected chi connectivity index (χ4v) is 2.29. The maximum absolute atomic E-state index is 9.88. The maximum Gasteiger partial charge on any atom is 0.0970 e. The molecule has 2 aromatic rings. The number of rotatable bonds is 8. The lowest BCUT2D eigenvalue weighted by atomic mass is 10.0. The van der Waals surface area contributed by atoms with E-state index in [1.807, 2.05) is 19.1 Å². The van der Waals surface area contributed by atoms with E-state index in [-0.39, 0.29) is 6.10 Å². The third kappa shape index (κ3) is 5.06. The molecule has 4 heteroatoms. The summed E-state index contributed by atoms with van der Waals surface area (Å²) < 4.78 is 10.2. The Morgan fingerprint density at radius 3 is 2.04 bits per heavy atom.